The van der Waals surface area contributed by atoms with E-state index in [0.29, 0.717) is 0 Å². The minimum absolute atomic E-state index is 1.12. The third-order valence-electron chi connectivity index (χ3n) is 5.10. The molecule has 0 aliphatic carbocycles. The highest BCUT2D eigenvalue weighted by atomic mass is 15.2. The summed E-state index contributed by atoms with van der Waals surface area (Å²) in [7, 11) is 2.22. The summed E-state index contributed by atoms with van der Waals surface area (Å²) >= 11 is 0. The van der Waals surface area contributed by atoms with Gasteiger partial charge in [0.25, 0.3) is 0 Å². The van der Waals surface area contributed by atoms with Crippen LogP contribution in [0.4, 0.5) is 0 Å². The molecule has 1 saturated heterocycles. The fraction of sp³-hybridized carbons (Fsp3) is 0.600. The molecule has 0 spiro atoms. The number of rotatable bonds is 6. The van der Waals surface area contributed by atoms with Gasteiger partial charge >= 0.3 is 0 Å². The Labute approximate surface area is 140 Å². The number of hydrogen-bond donors (Lipinski definition) is 0. The van der Waals surface area contributed by atoms with E-state index in [0.717, 1.165) is 6.54 Å². The summed E-state index contributed by atoms with van der Waals surface area (Å²) in [5.74, 6) is 0. The van der Waals surface area contributed by atoms with Crippen LogP contribution < -0.4 is 0 Å². The first-order valence-electron chi connectivity index (χ1n) is 9.16. The number of aromatic nitrogens is 1. The molecule has 0 unspecified atom stereocenters. The van der Waals surface area contributed by atoms with E-state index < -0.39 is 0 Å². The molecule has 3 heteroatoms. The Balaban J connectivity index is 1.65. The number of aryl methyl sites for hydroxylation is 3. The smallest absolute Gasteiger partial charge is 0.0485 e. The number of piperazine rings is 1. The molecule has 1 aliphatic rings. The van der Waals surface area contributed by atoms with E-state index in [4.69, 9.17) is 0 Å². The predicted octanol–water partition coefficient (Wildman–Crippen LogP) is 3.54. The zero-order valence-electron chi connectivity index (χ0n) is 15.0. The molecule has 0 amide bonds. The van der Waals surface area contributed by atoms with Gasteiger partial charge in [-0.15, -0.1) is 0 Å². The molecule has 0 bridgehead atoms. The second-order valence-corrected chi connectivity index (χ2v) is 7.12. The molecule has 1 fully saturated rings. The number of nitrogens with zero attached hydrogens (tertiary/aromatic N) is 3. The van der Waals surface area contributed by atoms with Gasteiger partial charge in [-0.2, -0.15) is 0 Å². The molecule has 3 nitrogen and oxygen atoms in total. The molecule has 3 rings (SSSR count). The SMILES string of the molecule is CCCn1cc(CCCN2CCN(C)CC2)c2ccc(C)cc21. The van der Waals surface area contributed by atoms with Crippen molar-refractivity contribution in [3.63, 3.8) is 0 Å². The summed E-state index contributed by atoms with van der Waals surface area (Å²) in [6, 6.07) is 6.92. The second-order valence-electron chi connectivity index (χ2n) is 7.12. The molecule has 1 aromatic carbocycles. The molecule has 0 N–H and O–H groups in total. The Bertz CT molecular complexity index is 636. The van der Waals surface area contributed by atoms with Gasteiger partial charge in [-0.3, -0.25) is 0 Å². The topological polar surface area (TPSA) is 11.4 Å². The van der Waals surface area contributed by atoms with Crippen LogP contribution in [0.25, 0.3) is 10.9 Å². The largest absolute Gasteiger partial charge is 0.347 e. The fourth-order valence-corrected chi connectivity index (χ4v) is 3.67. The van der Waals surface area contributed by atoms with E-state index in [1.165, 1.54) is 74.0 Å². The van der Waals surface area contributed by atoms with Gasteiger partial charge in [0, 0.05) is 49.8 Å². The molecule has 0 saturated carbocycles. The Morgan fingerprint density at radius 1 is 1.04 bits per heavy atom. The highest BCUT2D eigenvalue weighted by molar-refractivity contribution is 5.84. The molecule has 0 radical (unpaired) electrons. The van der Waals surface area contributed by atoms with Crippen molar-refractivity contribution in [2.45, 2.75) is 39.7 Å². The van der Waals surface area contributed by atoms with Crippen molar-refractivity contribution in [3.8, 4) is 0 Å². The lowest BCUT2D eigenvalue weighted by molar-refractivity contribution is 0.153. The molecule has 2 heterocycles. The normalized spacial score (nSPS) is 17.2. The Hall–Kier alpha value is -1.32. The van der Waals surface area contributed by atoms with E-state index in [1.54, 1.807) is 0 Å². The molecule has 126 valence electrons. The number of fused-ring (bicyclic) bond motifs is 1. The second kappa shape index (κ2) is 7.50. The van der Waals surface area contributed by atoms with Gasteiger partial charge in [-0.25, -0.2) is 0 Å². The average molecular weight is 313 g/mol. The van der Waals surface area contributed by atoms with Gasteiger partial charge < -0.3 is 14.4 Å². The summed E-state index contributed by atoms with van der Waals surface area (Å²) in [5, 5.41) is 1.46. The monoisotopic (exact) mass is 313 g/mol. The maximum Gasteiger partial charge on any atom is 0.0485 e. The van der Waals surface area contributed by atoms with E-state index in [2.05, 4.69) is 59.7 Å². The van der Waals surface area contributed by atoms with Gasteiger partial charge in [-0.1, -0.05) is 19.1 Å². The van der Waals surface area contributed by atoms with Gasteiger partial charge in [0.1, 0.15) is 0 Å². The van der Waals surface area contributed by atoms with Crippen molar-refractivity contribution < 1.29 is 0 Å². The van der Waals surface area contributed by atoms with Crippen LogP contribution in [0.15, 0.2) is 24.4 Å². The maximum atomic E-state index is 2.62. The molecule has 1 aromatic heterocycles. The summed E-state index contributed by atoms with van der Waals surface area (Å²) in [5.41, 5.74) is 4.31. The van der Waals surface area contributed by atoms with Gasteiger partial charge in [0.2, 0.25) is 0 Å². The van der Waals surface area contributed by atoms with Gasteiger partial charge in [0.15, 0.2) is 0 Å². The lowest BCUT2D eigenvalue weighted by Gasteiger charge is -2.32. The third-order valence-corrected chi connectivity index (χ3v) is 5.10. The minimum atomic E-state index is 1.12. The van der Waals surface area contributed by atoms with Crippen LogP contribution in [0.5, 0.6) is 0 Å². The van der Waals surface area contributed by atoms with Crippen LogP contribution in [0.2, 0.25) is 0 Å². The van der Waals surface area contributed by atoms with Crippen molar-refractivity contribution in [1.29, 1.82) is 0 Å². The predicted molar refractivity (Wildman–Crippen MR) is 99.2 cm³/mol. The van der Waals surface area contributed by atoms with Crippen LogP contribution in [-0.4, -0.2) is 54.1 Å². The Morgan fingerprint density at radius 2 is 1.83 bits per heavy atom. The standard InChI is InChI=1S/C20H31N3/c1-4-9-23-16-18(19-8-7-17(2)15-20(19)23)6-5-10-22-13-11-21(3)12-14-22/h7-8,15-16H,4-6,9-14H2,1-3H3. The van der Waals surface area contributed by atoms with Crippen LogP contribution in [0, 0.1) is 6.92 Å². The van der Waals surface area contributed by atoms with Crippen molar-refractivity contribution in [3.05, 3.63) is 35.5 Å². The molecular formula is C20H31N3. The Kier molecular flexibility index (Phi) is 5.39. The quantitative estimate of drug-likeness (QED) is 0.808. The zero-order valence-corrected chi connectivity index (χ0v) is 15.0. The summed E-state index contributed by atoms with van der Waals surface area (Å²) in [6.07, 6.45) is 6.06. The first kappa shape index (κ1) is 16.5. The highest BCUT2D eigenvalue weighted by Gasteiger charge is 2.14. The van der Waals surface area contributed by atoms with Crippen LogP contribution in [0.3, 0.4) is 0 Å². The molecular weight excluding hydrogens is 282 g/mol. The van der Waals surface area contributed by atoms with Gasteiger partial charge in [0.05, 0.1) is 0 Å². The van der Waals surface area contributed by atoms with Crippen LogP contribution in [-0.2, 0) is 13.0 Å². The summed E-state index contributed by atoms with van der Waals surface area (Å²) < 4.78 is 2.45. The third kappa shape index (κ3) is 3.96. The molecule has 0 atom stereocenters. The van der Waals surface area contributed by atoms with Crippen molar-refractivity contribution in [2.24, 2.45) is 0 Å². The fourth-order valence-electron chi connectivity index (χ4n) is 3.67. The molecule has 2 aromatic rings. The Morgan fingerprint density at radius 3 is 2.57 bits per heavy atom. The first-order valence-corrected chi connectivity index (χ1v) is 9.16. The van der Waals surface area contributed by atoms with Crippen molar-refractivity contribution in [1.82, 2.24) is 14.4 Å². The van der Waals surface area contributed by atoms with Gasteiger partial charge in [-0.05, 0) is 57.0 Å². The minimum Gasteiger partial charge on any atom is -0.347 e. The summed E-state index contributed by atoms with van der Waals surface area (Å²) in [4.78, 5) is 5.05. The lowest BCUT2D eigenvalue weighted by atomic mass is 10.1. The summed E-state index contributed by atoms with van der Waals surface area (Å²) in [6.45, 7) is 11.7. The first-order chi connectivity index (χ1) is 11.2. The van der Waals surface area contributed by atoms with Crippen molar-refractivity contribution in [2.75, 3.05) is 39.8 Å². The van der Waals surface area contributed by atoms with E-state index >= 15 is 0 Å². The number of benzene rings is 1. The zero-order chi connectivity index (χ0) is 16.2. The molecule has 23 heavy (non-hydrogen) atoms. The van der Waals surface area contributed by atoms with Crippen molar-refractivity contribution >= 4 is 10.9 Å². The van der Waals surface area contributed by atoms with Crippen LogP contribution in [0.1, 0.15) is 30.9 Å². The molecule has 1 aliphatic heterocycles. The number of likely N-dealkylation sites (N-methyl/N-ethyl adjacent to an activating group) is 1. The lowest BCUT2D eigenvalue weighted by Crippen LogP contribution is -2.44. The maximum absolute atomic E-state index is 2.62. The van der Waals surface area contributed by atoms with E-state index in [1.807, 2.05) is 0 Å². The number of hydrogen-bond acceptors (Lipinski definition) is 2. The van der Waals surface area contributed by atoms with E-state index in [-0.39, 0.29) is 0 Å². The van der Waals surface area contributed by atoms with Crippen LogP contribution >= 0.6 is 0 Å². The highest BCUT2D eigenvalue weighted by Crippen LogP contribution is 2.24. The average Bonchev–Trinajstić information content (AvgIpc) is 2.87. The van der Waals surface area contributed by atoms with E-state index in [9.17, 15) is 0 Å².